The van der Waals surface area contributed by atoms with Crippen LogP contribution in [0, 0.1) is 0 Å². The molecule has 0 spiro atoms. The molecule has 5 heteroatoms. The van der Waals surface area contributed by atoms with Crippen molar-refractivity contribution in [1.82, 2.24) is 15.3 Å². The summed E-state index contributed by atoms with van der Waals surface area (Å²) in [4.78, 5) is 18.8. The van der Waals surface area contributed by atoms with Crippen molar-refractivity contribution in [3.8, 4) is 0 Å². The molecule has 0 atom stereocenters. The molecule has 2 aromatic rings. The SMILES string of the molecule is CCNCc1cc(=O)[nH]c(Cc2cccc(Br)c2)n1. The predicted octanol–water partition coefficient (Wildman–Crippen LogP) is 2.23. The molecule has 0 aliphatic carbocycles. The van der Waals surface area contributed by atoms with Gasteiger partial charge in [0.15, 0.2) is 0 Å². The molecule has 19 heavy (non-hydrogen) atoms. The second-order valence-corrected chi connectivity index (χ2v) is 5.19. The third-order valence-corrected chi connectivity index (χ3v) is 3.15. The van der Waals surface area contributed by atoms with Crippen LogP contribution in [-0.2, 0) is 13.0 Å². The second kappa shape index (κ2) is 6.63. The minimum atomic E-state index is -0.104. The summed E-state index contributed by atoms with van der Waals surface area (Å²) in [6.07, 6.45) is 0.620. The topological polar surface area (TPSA) is 57.8 Å². The molecular formula is C14H16BrN3O. The predicted molar refractivity (Wildman–Crippen MR) is 79.2 cm³/mol. The maximum absolute atomic E-state index is 11.6. The van der Waals surface area contributed by atoms with Crippen LogP contribution in [0.3, 0.4) is 0 Å². The first-order valence-electron chi connectivity index (χ1n) is 6.21. The van der Waals surface area contributed by atoms with E-state index in [1.165, 1.54) is 6.07 Å². The van der Waals surface area contributed by atoms with Gasteiger partial charge in [0.25, 0.3) is 5.56 Å². The maximum Gasteiger partial charge on any atom is 0.251 e. The molecule has 4 nitrogen and oxygen atoms in total. The van der Waals surface area contributed by atoms with E-state index in [1.54, 1.807) is 0 Å². The Morgan fingerprint density at radius 2 is 2.21 bits per heavy atom. The van der Waals surface area contributed by atoms with Crippen LogP contribution in [0.15, 0.2) is 39.6 Å². The van der Waals surface area contributed by atoms with Gasteiger partial charge in [-0.3, -0.25) is 4.79 Å². The van der Waals surface area contributed by atoms with Crippen molar-refractivity contribution in [3.63, 3.8) is 0 Å². The summed E-state index contributed by atoms with van der Waals surface area (Å²) in [5.74, 6) is 0.693. The van der Waals surface area contributed by atoms with Gasteiger partial charge in [-0.1, -0.05) is 35.0 Å². The number of nitrogens with zero attached hydrogens (tertiary/aromatic N) is 1. The van der Waals surface area contributed by atoms with Crippen molar-refractivity contribution >= 4 is 15.9 Å². The molecule has 1 aromatic heterocycles. The van der Waals surface area contributed by atoms with Crippen molar-refractivity contribution in [2.45, 2.75) is 19.9 Å². The van der Waals surface area contributed by atoms with Crippen LogP contribution >= 0.6 is 15.9 Å². The molecule has 100 valence electrons. The number of aromatic nitrogens is 2. The van der Waals surface area contributed by atoms with Gasteiger partial charge in [0.2, 0.25) is 0 Å². The lowest BCUT2D eigenvalue weighted by molar-refractivity contribution is 0.700. The molecule has 0 radical (unpaired) electrons. The number of nitrogens with one attached hydrogen (secondary N) is 2. The van der Waals surface area contributed by atoms with Gasteiger partial charge >= 0.3 is 0 Å². The molecule has 0 aliphatic heterocycles. The molecule has 1 heterocycles. The minimum Gasteiger partial charge on any atom is -0.311 e. The molecular weight excluding hydrogens is 306 g/mol. The van der Waals surface area contributed by atoms with Gasteiger partial charge in [-0.2, -0.15) is 0 Å². The summed E-state index contributed by atoms with van der Waals surface area (Å²) in [5, 5.41) is 3.17. The highest BCUT2D eigenvalue weighted by atomic mass is 79.9. The Hall–Kier alpha value is -1.46. The van der Waals surface area contributed by atoms with Gasteiger partial charge in [0.05, 0.1) is 5.69 Å². The fourth-order valence-electron chi connectivity index (χ4n) is 1.83. The average molecular weight is 322 g/mol. The third-order valence-electron chi connectivity index (χ3n) is 2.66. The summed E-state index contributed by atoms with van der Waals surface area (Å²) in [7, 11) is 0. The molecule has 0 saturated carbocycles. The van der Waals surface area contributed by atoms with Crippen molar-refractivity contribution in [3.05, 3.63) is 62.2 Å². The zero-order valence-corrected chi connectivity index (χ0v) is 12.3. The van der Waals surface area contributed by atoms with Crippen LogP contribution < -0.4 is 10.9 Å². The molecule has 2 rings (SSSR count). The van der Waals surface area contributed by atoms with Gasteiger partial charge in [0.1, 0.15) is 5.82 Å². The lowest BCUT2D eigenvalue weighted by Gasteiger charge is -2.05. The Labute approximate surface area is 120 Å². The molecule has 0 unspecified atom stereocenters. The Morgan fingerprint density at radius 1 is 1.37 bits per heavy atom. The van der Waals surface area contributed by atoms with Crippen molar-refractivity contribution in [1.29, 1.82) is 0 Å². The molecule has 2 N–H and O–H groups in total. The van der Waals surface area contributed by atoms with E-state index in [-0.39, 0.29) is 5.56 Å². The highest BCUT2D eigenvalue weighted by Crippen LogP contribution is 2.13. The average Bonchev–Trinajstić information content (AvgIpc) is 2.35. The van der Waals surface area contributed by atoms with E-state index in [4.69, 9.17) is 0 Å². The van der Waals surface area contributed by atoms with Crippen molar-refractivity contribution in [2.75, 3.05) is 6.54 Å². The van der Waals surface area contributed by atoms with E-state index < -0.39 is 0 Å². The van der Waals surface area contributed by atoms with Gasteiger partial charge in [-0.05, 0) is 24.2 Å². The van der Waals surface area contributed by atoms with Crippen LogP contribution in [0.4, 0.5) is 0 Å². The number of aromatic amines is 1. The van der Waals surface area contributed by atoms with Gasteiger partial charge < -0.3 is 10.3 Å². The Bertz CT molecular complexity index is 610. The first kappa shape index (κ1) is 14.0. The van der Waals surface area contributed by atoms with Crippen LogP contribution in [0.2, 0.25) is 0 Å². The first-order chi connectivity index (χ1) is 9.17. The quantitative estimate of drug-likeness (QED) is 0.887. The van der Waals surface area contributed by atoms with Gasteiger partial charge in [0, 0.05) is 23.5 Å². The Balaban J connectivity index is 2.20. The molecule has 1 aromatic carbocycles. The molecule has 0 amide bonds. The molecule has 0 bridgehead atoms. The minimum absolute atomic E-state index is 0.104. The summed E-state index contributed by atoms with van der Waals surface area (Å²) in [5.41, 5.74) is 1.78. The summed E-state index contributed by atoms with van der Waals surface area (Å²) in [6.45, 7) is 3.50. The molecule has 0 aliphatic rings. The zero-order chi connectivity index (χ0) is 13.7. The number of hydrogen-bond acceptors (Lipinski definition) is 3. The number of rotatable bonds is 5. The number of halogens is 1. The monoisotopic (exact) mass is 321 g/mol. The highest BCUT2D eigenvalue weighted by Gasteiger charge is 2.03. The van der Waals surface area contributed by atoms with E-state index in [0.29, 0.717) is 18.8 Å². The van der Waals surface area contributed by atoms with Crippen LogP contribution in [0.1, 0.15) is 24.0 Å². The van der Waals surface area contributed by atoms with E-state index in [0.717, 1.165) is 22.3 Å². The van der Waals surface area contributed by atoms with Gasteiger partial charge in [-0.25, -0.2) is 4.98 Å². The summed E-state index contributed by atoms with van der Waals surface area (Å²) in [6, 6.07) is 9.52. The maximum atomic E-state index is 11.6. The number of H-pyrrole nitrogens is 1. The van der Waals surface area contributed by atoms with Crippen LogP contribution in [0.5, 0.6) is 0 Å². The lowest BCUT2D eigenvalue weighted by Crippen LogP contribution is -2.18. The second-order valence-electron chi connectivity index (χ2n) is 4.27. The summed E-state index contributed by atoms with van der Waals surface area (Å²) < 4.78 is 1.02. The largest absolute Gasteiger partial charge is 0.311 e. The van der Waals surface area contributed by atoms with E-state index >= 15 is 0 Å². The van der Waals surface area contributed by atoms with Crippen LogP contribution in [0.25, 0.3) is 0 Å². The fourth-order valence-corrected chi connectivity index (χ4v) is 2.28. The number of hydrogen-bond donors (Lipinski definition) is 2. The molecule has 0 fully saturated rings. The fraction of sp³-hybridized carbons (Fsp3) is 0.286. The van der Waals surface area contributed by atoms with Crippen molar-refractivity contribution in [2.24, 2.45) is 0 Å². The Morgan fingerprint density at radius 3 is 2.95 bits per heavy atom. The Kier molecular flexibility index (Phi) is 4.87. The zero-order valence-electron chi connectivity index (χ0n) is 10.7. The van der Waals surface area contributed by atoms with E-state index in [1.807, 2.05) is 31.2 Å². The first-order valence-corrected chi connectivity index (χ1v) is 7.01. The van der Waals surface area contributed by atoms with Crippen LogP contribution in [-0.4, -0.2) is 16.5 Å². The van der Waals surface area contributed by atoms with E-state index in [2.05, 4.69) is 31.2 Å². The summed E-state index contributed by atoms with van der Waals surface area (Å²) >= 11 is 3.44. The third kappa shape index (κ3) is 4.29. The number of benzene rings is 1. The normalized spacial score (nSPS) is 10.6. The standard InChI is InChI=1S/C14H16BrN3O/c1-2-16-9-12-8-14(19)18-13(17-12)7-10-4-3-5-11(15)6-10/h3-6,8,16H,2,7,9H2,1H3,(H,17,18,19). The smallest absolute Gasteiger partial charge is 0.251 e. The van der Waals surface area contributed by atoms with Crippen molar-refractivity contribution < 1.29 is 0 Å². The highest BCUT2D eigenvalue weighted by molar-refractivity contribution is 9.10. The van der Waals surface area contributed by atoms with Gasteiger partial charge in [-0.15, -0.1) is 0 Å². The molecule has 0 saturated heterocycles. The lowest BCUT2D eigenvalue weighted by atomic mass is 10.1. The van der Waals surface area contributed by atoms with E-state index in [9.17, 15) is 4.79 Å².